The molecular weight excluding hydrogens is 556 g/mol. The second kappa shape index (κ2) is 11.7. The van der Waals surface area contributed by atoms with E-state index in [1.165, 1.54) is 22.7 Å². The number of hydrogen-bond donors (Lipinski definition) is 3. The van der Waals surface area contributed by atoms with E-state index in [0.29, 0.717) is 22.5 Å². The quantitative estimate of drug-likeness (QED) is 0.260. The average molecular weight is 584 g/mol. The normalized spacial score (nSPS) is 12.6. The Morgan fingerprint density at radius 3 is 2.20 bits per heavy atom. The van der Waals surface area contributed by atoms with Gasteiger partial charge < -0.3 is 21.3 Å². The Hall–Kier alpha value is -4.17. The number of alkyl halides is 3. The maximum Gasteiger partial charge on any atom is 0.490 e. The highest BCUT2D eigenvalue weighted by atomic mass is 19.4. The molecule has 5 N–H and O–H groups in total. The number of ether oxygens (including phenoxy) is 1. The number of aryl methyl sites for hydroxylation is 2. The van der Waals surface area contributed by atoms with Crippen molar-refractivity contribution in [2.45, 2.75) is 52.1 Å². The summed E-state index contributed by atoms with van der Waals surface area (Å²) in [6, 6.07) is 8.11. The van der Waals surface area contributed by atoms with Crippen molar-refractivity contribution in [1.29, 1.82) is 0 Å². The predicted octanol–water partition coefficient (Wildman–Crippen LogP) is 5.38. The first kappa shape index (κ1) is 31.4. The van der Waals surface area contributed by atoms with Crippen LogP contribution in [0, 0.1) is 31.3 Å². The zero-order valence-electron chi connectivity index (χ0n) is 22.4. The summed E-state index contributed by atoms with van der Waals surface area (Å²) >= 11 is 0. The van der Waals surface area contributed by atoms with Crippen LogP contribution < -0.4 is 16.2 Å². The third-order valence-corrected chi connectivity index (χ3v) is 5.96. The molecule has 4 rings (SSSR count). The molecule has 14 heteroatoms. The van der Waals surface area contributed by atoms with E-state index in [9.17, 15) is 26.3 Å². The molecule has 41 heavy (non-hydrogen) atoms. The van der Waals surface area contributed by atoms with Gasteiger partial charge in [0.1, 0.15) is 24.1 Å². The van der Waals surface area contributed by atoms with Gasteiger partial charge in [0.2, 0.25) is 5.88 Å². The van der Waals surface area contributed by atoms with Crippen LogP contribution in [-0.4, -0.2) is 37.4 Å². The molecule has 220 valence electrons. The number of pyridine rings is 2. The number of fused-ring (bicyclic) bond motifs is 1. The summed E-state index contributed by atoms with van der Waals surface area (Å²) in [6.45, 7) is 6.79. The first-order valence-corrected chi connectivity index (χ1v) is 12.0. The van der Waals surface area contributed by atoms with Crippen LogP contribution in [0.15, 0.2) is 42.6 Å². The number of carbonyl (C=O) groups is 1. The van der Waals surface area contributed by atoms with Crippen LogP contribution in [0.25, 0.3) is 16.6 Å². The third-order valence-electron chi connectivity index (χ3n) is 5.96. The number of nitrogens with two attached hydrogens (primary N) is 2. The number of aromatic nitrogens is 3. The van der Waals surface area contributed by atoms with Gasteiger partial charge >= 0.3 is 12.1 Å². The van der Waals surface area contributed by atoms with Gasteiger partial charge in [-0.25, -0.2) is 22.5 Å². The zero-order valence-corrected chi connectivity index (χ0v) is 22.4. The van der Waals surface area contributed by atoms with E-state index in [1.807, 2.05) is 13.0 Å². The molecule has 0 radical (unpaired) electrons. The van der Waals surface area contributed by atoms with Crippen LogP contribution >= 0.6 is 0 Å². The first-order chi connectivity index (χ1) is 18.9. The number of nitrogens with zero attached hydrogens (tertiary/aromatic N) is 3. The summed E-state index contributed by atoms with van der Waals surface area (Å²) in [4.78, 5) is 13.0. The zero-order chi connectivity index (χ0) is 30.9. The molecule has 0 aliphatic heterocycles. The van der Waals surface area contributed by atoms with E-state index < -0.39 is 41.2 Å². The molecule has 0 saturated carbocycles. The Morgan fingerprint density at radius 1 is 1.07 bits per heavy atom. The second-order valence-electron chi connectivity index (χ2n) is 9.81. The molecule has 1 aromatic carbocycles. The molecule has 3 heterocycles. The van der Waals surface area contributed by atoms with Crippen LogP contribution in [0.5, 0.6) is 5.88 Å². The first-order valence-electron chi connectivity index (χ1n) is 12.0. The molecule has 3 aromatic heterocycles. The SMILES string of the molecule is Cc1cc(OCc2c(F)cccc2F)n2nc(C)c(-c3cc(C(N)C(C)(C)N)ncc3F)c2c1.O=C(O)C(F)(F)F. The highest BCUT2D eigenvalue weighted by Crippen LogP contribution is 2.35. The Balaban J connectivity index is 0.000000587. The summed E-state index contributed by atoms with van der Waals surface area (Å²) < 4.78 is 82.1. The maximum atomic E-state index is 15.0. The van der Waals surface area contributed by atoms with E-state index in [2.05, 4.69) is 10.1 Å². The van der Waals surface area contributed by atoms with E-state index >= 15 is 0 Å². The lowest BCUT2D eigenvalue weighted by atomic mass is 9.92. The Bertz CT molecular complexity index is 1560. The minimum Gasteiger partial charge on any atom is -0.475 e. The van der Waals surface area contributed by atoms with Crippen molar-refractivity contribution >= 4 is 11.5 Å². The van der Waals surface area contributed by atoms with E-state index in [-0.39, 0.29) is 23.6 Å². The van der Waals surface area contributed by atoms with Crippen LogP contribution in [0.3, 0.4) is 0 Å². The van der Waals surface area contributed by atoms with Gasteiger partial charge in [-0.05, 0) is 57.5 Å². The van der Waals surface area contributed by atoms with Crippen molar-refractivity contribution in [3.63, 3.8) is 0 Å². The van der Waals surface area contributed by atoms with Crippen LogP contribution in [-0.2, 0) is 11.4 Å². The number of hydrogen-bond acceptors (Lipinski definition) is 6. The van der Waals surface area contributed by atoms with Crippen molar-refractivity contribution in [2.24, 2.45) is 11.5 Å². The summed E-state index contributed by atoms with van der Waals surface area (Å²) in [5, 5.41) is 11.6. The molecule has 0 aliphatic carbocycles. The fraction of sp³-hybridized carbons (Fsp3) is 0.296. The standard InChI is InChI=1S/C25H26F3N5O.C2HF3O2/c1-13-8-21-23(15-10-20(31-11-19(15)28)24(29)25(3,4)30)14(2)32-33(21)22(9-13)34-12-16-17(26)6-5-7-18(16)27;3-2(4,5)1(6)7/h5-11,24H,12,29-30H2,1-4H3;(H,6,7). The number of halogens is 6. The van der Waals surface area contributed by atoms with Crippen molar-refractivity contribution in [3.05, 3.63) is 82.6 Å². The molecule has 0 bridgehead atoms. The molecule has 0 saturated heterocycles. The van der Waals surface area contributed by atoms with Gasteiger partial charge in [-0.3, -0.25) is 4.98 Å². The van der Waals surface area contributed by atoms with Crippen molar-refractivity contribution in [3.8, 4) is 17.0 Å². The summed E-state index contributed by atoms with van der Waals surface area (Å²) in [6.07, 6.45) is -3.96. The van der Waals surface area contributed by atoms with Gasteiger partial charge in [0.15, 0.2) is 0 Å². The number of aliphatic carboxylic acids is 1. The number of carboxylic acid groups (broad SMARTS) is 1. The Morgan fingerprint density at radius 2 is 1.66 bits per heavy atom. The van der Waals surface area contributed by atoms with Gasteiger partial charge in [0.05, 0.1) is 34.7 Å². The molecule has 0 fully saturated rings. The topological polar surface area (TPSA) is 129 Å². The van der Waals surface area contributed by atoms with Crippen molar-refractivity contribution in [2.75, 3.05) is 0 Å². The van der Waals surface area contributed by atoms with Crippen LogP contribution in [0.4, 0.5) is 26.3 Å². The summed E-state index contributed by atoms with van der Waals surface area (Å²) in [5.74, 6) is -4.44. The minimum atomic E-state index is -5.08. The average Bonchev–Trinajstić information content (AvgIpc) is 3.18. The lowest BCUT2D eigenvalue weighted by Crippen LogP contribution is -2.44. The van der Waals surface area contributed by atoms with Crippen molar-refractivity contribution in [1.82, 2.24) is 14.6 Å². The van der Waals surface area contributed by atoms with E-state index in [0.717, 1.165) is 11.8 Å². The monoisotopic (exact) mass is 583 g/mol. The number of benzene rings is 1. The van der Waals surface area contributed by atoms with Crippen molar-refractivity contribution < 1.29 is 41.0 Å². The second-order valence-corrected chi connectivity index (χ2v) is 9.81. The molecular formula is C27H27F6N5O3. The fourth-order valence-electron chi connectivity index (χ4n) is 3.81. The summed E-state index contributed by atoms with van der Waals surface area (Å²) in [5.41, 5.74) is 14.6. The molecule has 0 amide bonds. The molecule has 0 aliphatic rings. The lowest BCUT2D eigenvalue weighted by molar-refractivity contribution is -0.192. The number of rotatable bonds is 6. The Labute approximate surface area is 230 Å². The smallest absolute Gasteiger partial charge is 0.475 e. The lowest BCUT2D eigenvalue weighted by Gasteiger charge is -2.26. The predicted molar refractivity (Wildman–Crippen MR) is 137 cm³/mol. The molecule has 8 nitrogen and oxygen atoms in total. The number of carboxylic acids is 1. The largest absolute Gasteiger partial charge is 0.490 e. The van der Waals surface area contributed by atoms with Gasteiger partial charge in [0, 0.05) is 22.7 Å². The molecule has 4 aromatic rings. The van der Waals surface area contributed by atoms with Gasteiger partial charge in [-0.1, -0.05) is 6.07 Å². The van der Waals surface area contributed by atoms with E-state index in [4.69, 9.17) is 26.1 Å². The highest BCUT2D eigenvalue weighted by molar-refractivity contribution is 5.83. The highest BCUT2D eigenvalue weighted by Gasteiger charge is 2.38. The summed E-state index contributed by atoms with van der Waals surface area (Å²) in [7, 11) is 0. The third kappa shape index (κ3) is 7.13. The molecule has 0 spiro atoms. The maximum absolute atomic E-state index is 15.0. The van der Waals surface area contributed by atoms with Crippen LogP contribution in [0.2, 0.25) is 0 Å². The van der Waals surface area contributed by atoms with Crippen LogP contribution in [0.1, 0.15) is 42.4 Å². The van der Waals surface area contributed by atoms with Gasteiger partial charge in [-0.15, -0.1) is 0 Å². The molecule has 1 unspecified atom stereocenters. The van der Waals surface area contributed by atoms with E-state index in [1.54, 1.807) is 32.9 Å². The minimum absolute atomic E-state index is 0.190. The molecule has 1 atom stereocenters. The Kier molecular flexibility index (Phi) is 8.98. The van der Waals surface area contributed by atoms with Gasteiger partial charge in [-0.2, -0.15) is 18.3 Å². The van der Waals surface area contributed by atoms with Gasteiger partial charge in [0.25, 0.3) is 0 Å². The fourth-order valence-corrected chi connectivity index (χ4v) is 3.81.